The van der Waals surface area contributed by atoms with Gasteiger partial charge in [0, 0.05) is 6.04 Å². The van der Waals surface area contributed by atoms with Crippen LogP contribution in [0.1, 0.15) is 30.3 Å². The first-order valence-electron chi connectivity index (χ1n) is 7.63. The Morgan fingerprint density at radius 2 is 1.95 bits per heavy atom. The Morgan fingerprint density at radius 3 is 2.77 bits per heavy atom. The van der Waals surface area contributed by atoms with Gasteiger partial charge in [0.25, 0.3) is 0 Å². The lowest BCUT2D eigenvalue weighted by atomic mass is 10.0. The summed E-state index contributed by atoms with van der Waals surface area (Å²) in [5.74, 6) is 0.558. The summed E-state index contributed by atoms with van der Waals surface area (Å²) in [4.78, 5) is 6.91. The number of likely N-dealkylation sites (tertiary alicyclic amines) is 1. The molecule has 0 spiro atoms. The van der Waals surface area contributed by atoms with Crippen LogP contribution in [0.2, 0.25) is 0 Å². The molecule has 0 unspecified atom stereocenters. The minimum absolute atomic E-state index is 0.188. The zero-order chi connectivity index (χ0) is 14.9. The van der Waals surface area contributed by atoms with Gasteiger partial charge < -0.3 is 4.42 Å². The maximum absolute atomic E-state index is 13.1. The Morgan fingerprint density at radius 1 is 1.14 bits per heavy atom. The van der Waals surface area contributed by atoms with Gasteiger partial charge in [0.1, 0.15) is 11.3 Å². The molecule has 1 aliphatic heterocycles. The van der Waals surface area contributed by atoms with Crippen LogP contribution in [0.15, 0.2) is 52.9 Å². The van der Waals surface area contributed by atoms with Crippen LogP contribution >= 0.6 is 0 Å². The van der Waals surface area contributed by atoms with Crippen LogP contribution in [0.5, 0.6) is 0 Å². The fourth-order valence-corrected chi connectivity index (χ4v) is 3.24. The van der Waals surface area contributed by atoms with E-state index in [1.54, 1.807) is 0 Å². The lowest BCUT2D eigenvalue weighted by Crippen LogP contribution is -2.22. The van der Waals surface area contributed by atoms with E-state index < -0.39 is 0 Å². The lowest BCUT2D eigenvalue weighted by Gasteiger charge is -2.23. The molecule has 2 aromatic carbocycles. The number of rotatable bonds is 3. The molecule has 1 atom stereocenters. The monoisotopic (exact) mass is 296 g/mol. The largest absolute Gasteiger partial charge is 0.439 e. The number of oxazole rings is 1. The van der Waals surface area contributed by atoms with Crippen molar-refractivity contribution in [2.75, 3.05) is 6.54 Å². The van der Waals surface area contributed by atoms with Gasteiger partial charge in [-0.15, -0.1) is 0 Å². The average molecular weight is 296 g/mol. The average Bonchev–Trinajstić information content (AvgIpc) is 3.14. The number of benzene rings is 2. The van der Waals surface area contributed by atoms with Crippen molar-refractivity contribution in [3.63, 3.8) is 0 Å². The molecule has 4 rings (SSSR count). The highest BCUT2D eigenvalue weighted by molar-refractivity contribution is 5.72. The topological polar surface area (TPSA) is 29.3 Å². The molecule has 3 aromatic rings. The molecule has 0 N–H and O–H groups in total. The number of nitrogens with zero attached hydrogens (tertiary/aromatic N) is 2. The van der Waals surface area contributed by atoms with Crippen molar-refractivity contribution in [3.05, 3.63) is 65.8 Å². The molecule has 22 heavy (non-hydrogen) atoms. The molecule has 1 fully saturated rings. The Kier molecular flexibility index (Phi) is 3.39. The third kappa shape index (κ3) is 2.50. The molecule has 1 saturated heterocycles. The van der Waals surface area contributed by atoms with E-state index in [4.69, 9.17) is 4.42 Å². The Balaban J connectivity index is 1.57. The number of fused-ring (bicyclic) bond motifs is 1. The van der Waals surface area contributed by atoms with Gasteiger partial charge in [0.05, 0.1) is 6.54 Å². The zero-order valence-corrected chi connectivity index (χ0v) is 12.2. The predicted octanol–water partition coefficient (Wildman–Crippen LogP) is 4.30. The Bertz CT molecular complexity index is 748. The highest BCUT2D eigenvalue weighted by Gasteiger charge is 2.27. The quantitative estimate of drug-likeness (QED) is 0.721. The number of hydrogen-bond acceptors (Lipinski definition) is 3. The molecule has 0 aliphatic carbocycles. The summed E-state index contributed by atoms with van der Waals surface area (Å²) in [5, 5.41) is 0. The molecule has 3 nitrogen and oxygen atoms in total. The summed E-state index contributed by atoms with van der Waals surface area (Å²) in [7, 11) is 0. The van der Waals surface area contributed by atoms with Gasteiger partial charge in [-0.1, -0.05) is 24.3 Å². The maximum atomic E-state index is 13.1. The van der Waals surface area contributed by atoms with Crippen LogP contribution in [0.25, 0.3) is 11.1 Å². The summed E-state index contributed by atoms with van der Waals surface area (Å²) < 4.78 is 18.9. The minimum atomic E-state index is -0.188. The van der Waals surface area contributed by atoms with E-state index in [0.717, 1.165) is 41.9 Å². The zero-order valence-electron chi connectivity index (χ0n) is 12.2. The molecule has 0 saturated carbocycles. The number of aromatic nitrogens is 1. The van der Waals surface area contributed by atoms with Crippen LogP contribution < -0.4 is 0 Å². The van der Waals surface area contributed by atoms with E-state index in [0.29, 0.717) is 12.6 Å². The molecule has 1 aliphatic rings. The number of hydrogen-bond donors (Lipinski definition) is 0. The van der Waals surface area contributed by atoms with Crippen molar-refractivity contribution < 1.29 is 8.81 Å². The van der Waals surface area contributed by atoms with Crippen molar-refractivity contribution >= 4 is 11.1 Å². The van der Waals surface area contributed by atoms with Gasteiger partial charge in [0.2, 0.25) is 5.89 Å². The van der Waals surface area contributed by atoms with E-state index >= 15 is 0 Å². The van der Waals surface area contributed by atoms with Gasteiger partial charge in [-0.25, -0.2) is 9.37 Å². The van der Waals surface area contributed by atoms with Crippen molar-refractivity contribution in [3.8, 4) is 0 Å². The fraction of sp³-hybridized carbons (Fsp3) is 0.278. The smallest absolute Gasteiger partial charge is 0.209 e. The molecular formula is C18H17FN2O. The van der Waals surface area contributed by atoms with E-state index in [1.807, 2.05) is 36.4 Å². The van der Waals surface area contributed by atoms with Gasteiger partial charge in [-0.2, -0.15) is 0 Å². The first-order valence-corrected chi connectivity index (χ1v) is 7.63. The third-order valence-electron chi connectivity index (χ3n) is 4.29. The van der Waals surface area contributed by atoms with Crippen molar-refractivity contribution in [1.29, 1.82) is 0 Å². The lowest BCUT2D eigenvalue weighted by molar-refractivity contribution is 0.225. The maximum Gasteiger partial charge on any atom is 0.209 e. The summed E-state index contributed by atoms with van der Waals surface area (Å²) in [6.07, 6.45) is 2.23. The van der Waals surface area contributed by atoms with Gasteiger partial charge in [0.15, 0.2) is 5.58 Å². The summed E-state index contributed by atoms with van der Waals surface area (Å²) in [5.41, 5.74) is 2.89. The first kappa shape index (κ1) is 13.5. The van der Waals surface area contributed by atoms with Crippen LogP contribution in [0.3, 0.4) is 0 Å². The number of para-hydroxylation sites is 2. The molecule has 112 valence electrons. The van der Waals surface area contributed by atoms with E-state index in [2.05, 4.69) is 9.88 Å². The Hall–Kier alpha value is -2.20. The van der Waals surface area contributed by atoms with Gasteiger partial charge in [-0.3, -0.25) is 4.90 Å². The standard InChI is InChI=1S/C18H17FN2O/c19-14-9-7-13(8-10-14)16-5-3-11-21(16)12-18-20-15-4-1-2-6-17(15)22-18/h1-2,4,6-10,16H,3,5,11-12H2/t16-/m1/s1. The third-order valence-corrected chi connectivity index (χ3v) is 4.29. The summed E-state index contributed by atoms with van der Waals surface area (Å²) in [6, 6.07) is 15.0. The van der Waals surface area contributed by atoms with Gasteiger partial charge >= 0.3 is 0 Å². The second-order valence-corrected chi connectivity index (χ2v) is 5.76. The molecule has 0 bridgehead atoms. The summed E-state index contributed by atoms with van der Waals surface area (Å²) >= 11 is 0. The van der Waals surface area contributed by atoms with E-state index in [-0.39, 0.29) is 5.82 Å². The molecule has 0 radical (unpaired) electrons. The van der Waals surface area contributed by atoms with Crippen LogP contribution in [-0.2, 0) is 6.54 Å². The molecular weight excluding hydrogens is 279 g/mol. The second kappa shape index (κ2) is 5.54. The fourth-order valence-electron chi connectivity index (χ4n) is 3.24. The normalized spacial score (nSPS) is 19.0. The molecule has 1 aromatic heterocycles. The molecule has 0 amide bonds. The highest BCUT2D eigenvalue weighted by Crippen LogP contribution is 2.33. The minimum Gasteiger partial charge on any atom is -0.439 e. The first-order chi connectivity index (χ1) is 10.8. The van der Waals surface area contributed by atoms with E-state index in [1.165, 1.54) is 12.1 Å². The second-order valence-electron chi connectivity index (χ2n) is 5.76. The Labute approximate surface area is 128 Å². The predicted molar refractivity (Wildman–Crippen MR) is 82.8 cm³/mol. The van der Waals surface area contributed by atoms with Crippen LogP contribution in [-0.4, -0.2) is 16.4 Å². The van der Waals surface area contributed by atoms with Gasteiger partial charge in [-0.05, 0) is 49.2 Å². The molecule has 2 heterocycles. The van der Waals surface area contributed by atoms with Crippen LogP contribution in [0, 0.1) is 5.82 Å². The van der Waals surface area contributed by atoms with Crippen molar-refractivity contribution in [1.82, 2.24) is 9.88 Å². The summed E-state index contributed by atoms with van der Waals surface area (Å²) in [6.45, 7) is 1.71. The van der Waals surface area contributed by atoms with Crippen molar-refractivity contribution in [2.24, 2.45) is 0 Å². The molecule has 4 heteroatoms. The number of halogens is 1. The van der Waals surface area contributed by atoms with Crippen molar-refractivity contribution in [2.45, 2.75) is 25.4 Å². The highest BCUT2D eigenvalue weighted by atomic mass is 19.1. The van der Waals surface area contributed by atoms with Crippen LogP contribution in [0.4, 0.5) is 4.39 Å². The van der Waals surface area contributed by atoms with E-state index in [9.17, 15) is 4.39 Å². The SMILES string of the molecule is Fc1ccc([C@H]2CCCN2Cc2nc3ccccc3o2)cc1.